The molecule has 3 nitrogen and oxygen atoms in total. The normalized spacial score (nSPS) is 11.4. The molecule has 0 aliphatic rings. The van der Waals surface area contributed by atoms with Crippen LogP contribution in [0.1, 0.15) is 43.0 Å². The second-order valence-electron chi connectivity index (χ2n) is 11.6. The van der Waals surface area contributed by atoms with Gasteiger partial charge < -0.3 is 14.4 Å². The number of hydrogen-bond donors (Lipinski definition) is 0. The molecule has 0 aliphatic heterocycles. The van der Waals surface area contributed by atoms with Crippen molar-refractivity contribution >= 4 is 43.4 Å². The molecule has 0 spiro atoms. The van der Waals surface area contributed by atoms with E-state index >= 15 is 0 Å². The van der Waals surface area contributed by atoms with Gasteiger partial charge in [0, 0.05) is 48.0 Å². The Morgan fingerprint density at radius 3 is 2.26 bits per heavy atom. The molecule has 4 heterocycles. The average Bonchev–Trinajstić information content (AvgIpc) is 3.59. The predicted octanol–water partition coefficient (Wildman–Crippen LogP) is 10.4. The summed E-state index contributed by atoms with van der Waals surface area (Å²) in [6.07, 6.45) is 3.88. The van der Waals surface area contributed by atoms with Gasteiger partial charge in [0.05, 0.1) is 5.58 Å². The van der Waals surface area contributed by atoms with E-state index in [1.54, 1.807) is 11.3 Å². The van der Waals surface area contributed by atoms with Crippen LogP contribution in [0, 0.1) is 32.9 Å². The van der Waals surface area contributed by atoms with Crippen molar-refractivity contribution in [2.45, 2.75) is 47.0 Å². The fourth-order valence-electron chi connectivity index (χ4n) is 4.94. The van der Waals surface area contributed by atoms with Crippen LogP contribution < -0.4 is 0 Å². The molecule has 0 saturated carbocycles. The Labute approximate surface area is 265 Å². The quantitative estimate of drug-likeness (QED) is 0.166. The summed E-state index contributed by atoms with van der Waals surface area (Å²) in [6.45, 7) is 12.8. The molecule has 0 bridgehead atoms. The summed E-state index contributed by atoms with van der Waals surface area (Å²) in [5.41, 5.74) is 10.6. The molecule has 7 aromatic rings. The summed E-state index contributed by atoms with van der Waals surface area (Å²) < 4.78 is 7.64. The number of thiophene rings is 1. The van der Waals surface area contributed by atoms with Gasteiger partial charge in [-0.2, -0.15) is 0 Å². The van der Waals surface area contributed by atoms with Crippen LogP contribution in [0.25, 0.3) is 54.5 Å². The number of aryl methyl sites for hydroxylation is 3. The average molecular weight is 745 g/mol. The molecule has 0 fully saturated rings. The molecule has 3 aromatic carbocycles. The van der Waals surface area contributed by atoms with E-state index in [0.717, 1.165) is 50.0 Å². The van der Waals surface area contributed by atoms with Crippen LogP contribution in [0.4, 0.5) is 0 Å². The van der Waals surface area contributed by atoms with E-state index in [9.17, 15) is 0 Å². The van der Waals surface area contributed by atoms with E-state index in [2.05, 4.69) is 107 Å². The Hall–Kier alpha value is -3.63. The van der Waals surface area contributed by atoms with Crippen molar-refractivity contribution in [3.05, 3.63) is 119 Å². The monoisotopic (exact) mass is 745 g/mol. The first-order valence-corrected chi connectivity index (χ1v) is 14.7. The molecule has 0 atom stereocenters. The van der Waals surface area contributed by atoms with E-state index in [1.165, 1.54) is 26.8 Å². The minimum atomic E-state index is 0. The van der Waals surface area contributed by atoms with E-state index in [-0.39, 0.29) is 25.5 Å². The van der Waals surface area contributed by atoms with Gasteiger partial charge in [-0.05, 0) is 59.3 Å². The van der Waals surface area contributed by atoms with Crippen molar-refractivity contribution in [1.82, 2.24) is 9.97 Å². The number of aromatic nitrogens is 2. The number of nitrogens with zero attached hydrogens (tertiary/aromatic N) is 2. The maximum absolute atomic E-state index is 6.40. The van der Waals surface area contributed by atoms with Gasteiger partial charge in [-0.3, -0.25) is 0 Å². The van der Waals surface area contributed by atoms with Crippen LogP contribution >= 0.6 is 11.3 Å². The third-order valence-electron chi connectivity index (χ3n) is 7.48. The molecule has 213 valence electrons. The van der Waals surface area contributed by atoms with E-state index < -0.39 is 0 Å². The standard InChI is InChI=1S/C24H20NOS.C13H12N.Ir/c1-14-11-18-16-6-8-21-17(9-10-27-21)22(16)26-23(18)19(12-14)20-7-5-15(13-25-20)24(2,3)4;1-10-8-13(14-9-11(10)2)12-6-4-3-5-7-12;/h5-11,13H,1-4H3;3-6,8-9H,1-2H3;/q2*-1;. The zero-order chi connectivity index (χ0) is 28.7. The Bertz CT molecular complexity index is 2000. The van der Waals surface area contributed by atoms with Crippen LogP contribution in [0.5, 0.6) is 0 Å². The first kappa shape index (κ1) is 29.8. The predicted molar refractivity (Wildman–Crippen MR) is 173 cm³/mol. The van der Waals surface area contributed by atoms with Crippen LogP contribution in [0.15, 0.2) is 88.9 Å². The number of pyridine rings is 2. The third-order valence-corrected chi connectivity index (χ3v) is 8.36. The molecule has 0 saturated heterocycles. The molecule has 7 rings (SSSR count). The van der Waals surface area contributed by atoms with E-state index in [1.807, 2.05) is 36.7 Å². The Morgan fingerprint density at radius 2 is 1.57 bits per heavy atom. The van der Waals surface area contributed by atoms with Crippen molar-refractivity contribution in [2.75, 3.05) is 0 Å². The molecule has 4 aromatic heterocycles. The van der Waals surface area contributed by atoms with Crippen LogP contribution in [0.2, 0.25) is 0 Å². The summed E-state index contributed by atoms with van der Waals surface area (Å²) >= 11 is 1.74. The zero-order valence-corrected chi connectivity index (χ0v) is 27.8. The number of rotatable bonds is 2. The summed E-state index contributed by atoms with van der Waals surface area (Å²) in [5, 5.41) is 5.57. The first-order valence-electron chi connectivity index (χ1n) is 13.8. The maximum Gasteiger partial charge on any atom is 0.129 e. The van der Waals surface area contributed by atoms with Crippen LogP contribution in [0.3, 0.4) is 0 Å². The first-order chi connectivity index (χ1) is 19.7. The van der Waals surface area contributed by atoms with Crippen LogP contribution in [-0.4, -0.2) is 9.97 Å². The minimum Gasteiger partial charge on any atom is -0.500 e. The SMILES string of the molecule is Cc1[c-]c(-c2ccc(C(C)(C)C)cn2)c2oc3c4ccsc4ccc3c2c1.Cc1cnc(-c2[c-]cccc2)cc1C.[Ir]. The van der Waals surface area contributed by atoms with Crippen molar-refractivity contribution in [3.8, 4) is 22.5 Å². The van der Waals surface area contributed by atoms with Gasteiger partial charge in [-0.1, -0.05) is 68.5 Å². The molecule has 0 aliphatic carbocycles. The third kappa shape index (κ3) is 5.83. The number of hydrogen-bond acceptors (Lipinski definition) is 4. The number of furan rings is 1. The fraction of sp³-hybridized carbons (Fsp3) is 0.189. The summed E-state index contributed by atoms with van der Waals surface area (Å²) in [5.74, 6) is 0. The van der Waals surface area contributed by atoms with Gasteiger partial charge in [-0.25, -0.2) is 0 Å². The molecule has 0 amide bonds. The Balaban J connectivity index is 0.000000200. The van der Waals surface area contributed by atoms with Gasteiger partial charge in [-0.15, -0.1) is 64.9 Å². The maximum atomic E-state index is 6.40. The number of fused-ring (bicyclic) bond motifs is 5. The zero-order valence-electron chi connectivity index (χ0n) is 24.6. The van der Waals surface area contributed by atoms with Gasteiger partial charge in [0.2, 0.25) is 0 Å². The van der Waals surface area contributed by atoms with Crippen molar-refractivity contribution in [2.24, 2.45) is 0 Å². The van der Waals surface area contributed by atoms with E-state index in [0.29, 0.717) is 0 Å². The van der Waals surface area contributed by atoms with E-state index in [4.69, 9.17) is 9.40 Å². The molecule has 0 N–H and O–H groups in total. The van der Waals surface area contributed by atoms with Gasteiger partial charge in [0.15, 0.2) is 0 Å². The van der Waals surface area contributed by atoms with Crippen molar-refractivity contribution < 1.29 is 24.5 Å². The second-order valence-corrected chi connectivity index (χ2v) is 12.5. The Kier molecular flexibility index (Phi) is 8.48. The Morgan fingerprint density at radius 1 is 0.762 bits per heavy atom. The topological polar surface area (TPSA) is 38.9 Å². The van der Waals surface area contributed by atoms with Crippen molar-refractivity contribution in [1.29, 1.82) is 0 Å². The molecular weight excluding hydrogens is 713 g/mol. The molecule has 42 heavy (non-hydrogen) atoms. The van der Waals surface area contributed by atoms with Gasteiger partial charge in [0.1, 0.15) is 5.58 Å². The summed E-state index contributed by atoms with van der Waals surface area (Å²) in [4.78, 5) is 9.12. The number of benzene rings is 3. The smallest absolute Gasteiger partial charge is 0.129 e. The second kappa shape index (κ2) is 11.9. The van der Waals surface area contributed by atoms with Gasteiger partial charge in [0.25, 0.3) is 0 Å². The van der Waals surface area contributed by atoms with Crippen LogP contribution in [-0.2, 0) is 25.5 Å². The molecular formula is C37H32IrN2OS-2. The minimum absolute atomic E-state index is 0. The molecule has 5 heteroatoms. The largest absolute Gasteiger partial charge is 0.500 e. The van der Waals surface area contributed by atoms with Crippen molar-refractivity contribution in [3.63, 3.8) is 0 Å². The molecule has 1 radical (unpaired) electrons. The summed E-state index contributed by atoms with van der Waals surface area (Å²) in [7, 11) is 0. The fourth-order valence-corrected chi connectivity index (χ4v) is 5.73. The molecule has 0 unspecified atom stereocenters. The van der Waals surface area contributed by atoms with Gasteiger partial charge >= 0.3 is 0 Å². The summed E-state index contributed by atoms with van der Waals surface area (Å²) in [6, 6.07) is 29.5.